The van der Waals surface area contributed by atoms with Crippen LogP contribution >= 0.6 is 11.6 Å². The van der Waals surface area contributed by atoms with Gasteiger partial charge in [-0.2, -0.15) is 0 Å². The Morgan fingerprint density at radius 1 is 1.15 bits per heavy atom. The summed E-state index contributed by atoms with van der Waals surface area (Å²) in [5.74, 6) is 1.65. The van der Waals surface area contributed by atoms with Crippen LogP contribution in [0.25, 0.3) is 5.65 Å². The summed E-state index contributed by atoms with van der Waals surface area (Å²) in [6, 6.07) is 5.58. The van der Waals surface area contributed by atoms with Crippen LogP contribution in [0.1, 0.15) is 5.69 Å². The molecule has 1 aliphatic rings. The molecular weight excluding hydrogens is 364 g/mol. The zero-order valence-electron chi connectivity index (χ0n) is 15.1. The van der Waals surface area contributed by atoms with Crippen molar-refractivity contribution in [2.45, 2.75) is 6.54 Å². The van der Waals surface area contributed by atoms with Gasteiger partial charge in [0.2, 0.25) is 5.95 Å². The van der Waals surface area contributed by atoms with Gasteiger partial charge in [-0.3, -0.25) is 4.99 Å². The summed E-state index contributed by atoms with van der Waals surface area (Å²) in [5.41, 5.74) is 1.82. The number of fused-ring (bicyclic) bond motifs is 1. The van der Waals surface area contributed by atoms with Gasteiger partial charge in [-0.1, -0.05) is 11.6 Å². The third kappa shape index (κ3) is 3.95. The van der Waals surface area contributed by atoms with Crippen molar-refractivity contribution in [3.05, 3.63) is 53.7 Å². The lowest BCUT2D eigenvalue weighted by Gasteiger charge is -2.36. The van der Waals surface area contributed by atoms with Gasteiger partial charge in [-0.05, 0) is 18.2 Å². The lowest BCUT2D eigenvalue weighted by Crippen LogP contribution is -2.52. The van der Waals surface area contributed by atoms with Crippen LogP contribution in [0.15, 0.2) is 48.0 Å². The smallest absolute Gasteiger partial charge is 0.225 e. The van der Waals surface area contributed by atoms with Gasteiger partial charge >= 0.3 is 0 Å². The van der Waals surface area contributed by atoms with Gasteiger partial charge in [0, 0.05) is 58.0 Å². The number of aromatic nitrogens is 4. The van der Waals surface area contributed by atoms with Gasteiger partial charge in [0.05, 0.1) is 17.3 Å². The van der Waals surface area contributed by atoms with E-state index in [4.69, 9.17) is 11.6 Å². The van der Waals surface area contributed by atoms with Crippen LogP contribution in [-0.2, 0) is 6.54 Å². The van der Waals surface area contributed by atoms with E-state index in [2.05, 4.69) is 35.1 Å². The molecule has 3 aromatic rings. The van der Waals surface area contributed by atoms with Gasteiger partial charge in [-0.15, -0.1) is 0 Å². The second-order valence-corrected chi connectivity index (χ2v) is 6.71. The van der Waals surface area contributed by atoms with E-state index in [9.17, 15) is 0 Å². The van der Waals surface area contributed by atoms with Crippen molar-refractivity contribution >= 4 is 29.2 Å². The zero-order chi connectivity index (χ0) is 18.6. The highest BCUT2D eigenvalue weighted by Crippen LogP contribution is 2.12. The first-order chi connectivity index (χ1) is 13.2. The van der Waals surface area contributed by atoms with Crippen molar-refractivity contribution in [2.24, 2.45) is 4.99 Å². The van der Waals surface area contributed by atoms with Crippen molar-refractivity contribution in [3.63, 3.8) is 0 Å². The molecule has 8 nitrogen and oxygen atoms in total. The molecule has 4 heterocycles. The first-order valence-corrected chi connectivity index (χ1v) is 9.21. The summed E-state index contributed by atoms with van der Waals surface area (Å²) in [6.07, 6.45) is 7.38. The van der Waals surface area contributed by atoms with Gasteiger partial charge in [0.25, 0.3) is 0 Å². The molecule has 4 rings (SSSR count). The molecule has 1 saturated heterocycles. The lowest BCUT2D eigenvalue weighted by atomic mass is 10.3. The number of imidazole rings is 1. The predicted molar refractivity (Wildman–Crippen MR) is 106 cm³/mol. The Bertz CT molecular complexity index is 931. The van der Waals surface area contributed by atoms with E-state index < -0.39 is 0 Å². The Balaban J connectivity index is 1.35. The number of aliphatic imine (C=N–C) groups is 1. The fourth-order valence-electron chi connectivity index (χ4n) is 3.18. The Hall–Kier alpha value is -2.87. The first kappa shape index (κ1) is 17.5. The molecule has 0 aromatic carbocycles. The number of halogens is 1. The van der Waals surface area contributed by atoms with Crippen molar-refractivity contribution < 1.29 is 0 Å². The second-order valence-electron chi connectivity index (χ2n) is 6.27. The standard InChI is InChI=1S/C18H21ClN8/c1-20-17(23-11-15-13-27-12-14(19)3-4-16(27)24-15)25-7-9-26(10-8-25)18-21-5-2-6-22-18/h2-6,12-13H,7-11H2,1H3,(H,20,23). The maximum Gasteiger partial charge on any atom is 0.225 e. The number of hydrogen-bond acceptors (Lipinski definition) is 5. The number of piperazine rings is 1. The van der Waals surface area contributed by atoms with E-state index in [1.54, 1.807) is 19.4 Å². The topological polar surface area (TPSA) is 74.0 Å². The normalized spacial score (nSPS) is 15.4. The molecule has 0 bridgehead atoms. The molecule has 1 N–H and O–H groups in total. The SMILES string of the molecule is CN=C(NCc1cn2cc(Cl)ccc2n1)N1CCN(c2ncccn2)CC1. The average Bonchev–Trinajstić information content (AvgIpc) is 3.11. The number of pyridine rings is 1. The average molecular weight is 385 g/mol. The van der Waals surface area contributed by atoms with Crippen molar-refractivity contribution in [1.29, 1.82) is 0 Å². The molecule has 0 aliphatic carbocycles. The van der Waals surface area contributed by atoms with Gasteiger partial charge in [-0.25, -0.2) is 15.0 Å². The summed E-state index contributed by atoms with van der Waals surface area (Å²) in [6.45, 7) is 4.04. The van der Waals surface area contributed by atoms with Crippen molar-refractivity contribution in [3.8, 4) is 0 Å². The molecule has 0 radical (unpaired) electrons. The van der Waals surface area contributed by atoms with Crippen molar-refractivity contribution in [1.82, 2.24) is 29.6 Å². The highest BCUT2D eigenvalue weighted by atomic mass is 35.5. The molecule has 140 valence electrons. The Labute approximate surface area is 162 Å². The molecule has 0 saturated carbocycles. The van der Waals surface area contributed by atoms with E-state index in [1.807, 2.05) is 35.0 Å². The van der Waals surface area contributed by atoms with Crippen LogP contribution in [0.4, 0.5) is 5.95 Å². The van der Waals surface area contributed by atoms with Gasteiger partial charge in [0.15, 0.2) is 5.96 Å². The van der Waals surface area contributed by atoms with Crippen LogP contribution in [0.3, 0.4) is 0 Å². The van der Waals surface area contributed by atoms with Crippen molar-refractivity contribution in [2.75, 3.05) is 38.1 Å². The van der Waals surface area contributed by atoms with Crippen LogP contribution in [-0.4, -0.2) is 63.4 Å². The Kier molecular flexibility index (Phi) is 5.06. The van der Waals surface area contributed by atoms with Gasteiger partial charge < -0.3 is 19.5 Å². The number of anilines is 1. The highest BCUT2D eigenvalue weighted by molar-refractivity contribution is 6.30. The number of hydrogen-bond donors (Lipinski definition) is 1. The highest BCUT2D eigenvalue weighted by Gasteiger charge is 2.21. The molecular formula is C18H21ClN8. The summed E-state index contributed by atoms with van der Waals surface area (Å²) in [5, 5.41) is 4.09. The number of nitrogens with zero attached hydrogens (tertiary/aromatic N) is 7. The van der Waals surface area contributed by atoms with E-state index in [0.29, 0.717) is 11.6 Å². The maximum absolute atomic E-state index is 6.03. The van der Waals surface area contributed by atoms with Gasteiger partial charge in [0.1, 0.15) is 5.65 Å². The molecule has 1 aliphatic heterocycles. The third-order valence-electron chi connectivity index (χ3n) is 4.52. The molecule has 0 amide bonds. The molecule has 9 heteroatoms. The monoisotopic (exact) mass is 384 g/mol. The molecule has 3 aromatic heterocycles. The number of nitrogens with one attached hydrogen (secondary N) is 1. The quantitative estimate of drug-likeness (QED) is 0.547. The second kappa shape index (κ2) is 7.79. The minimum Gasteiger partial charge on any atom is -0.351 e. The summed E-state index contributed by atoms with van der Waals surface area (Å²) >= 11 is 6.03. The lowest BCUT2D eigenvalue weighted by molar-refractivity contribution is 0.370. The molecule has 27 heavy (non-hydrogen) atoms. The summed E-state index contributed by atoms with van der Waals surface area (Å²) in [4.78, 5) is 22.1. The minimum absolute atomic E-state index is 0.605. The third-order valence-corrected chi connectivity index (χ3v) is 4.74. The first-order valence-electron chi connectivity index (χ1n) is 8.83. The van der Waals surface area contributed by atoms with E-state index >= 15 is 0 Å². The Morgan fingerprint density at radius 3 is 2.67 bits per heavy atom. The molecule has 0 atom stereocenters. The number of rotatable bonds is 3. The fraction of sp³-hybridized carbons (Fsp3) is 0.333. The van der Waals surface area contributed by atoms with E-state index in [1.165, 1.54) is 0 Å². The minimum atomic E-state index is 0.605. The molecule has 0 unspecified atom stereocenters. The van der Waals surface area contributed by atoms with Crippen LogP contribution in [0, 0.1) is 0 Å². The predicted octanol–water partition coefficient (Wildman–Crippen LogP) is 1.68. The van der Waals surface area contributed by atoms with E-state index in [0.717, 1.165) is 49.4 Å². The van der Waals surface area contributed by atoms with E-state index in [-0.39, 0.29) is 0 Å². The van der Waals surface area contributed by atoms with Crippen LogP contribution < -0.4 is 10.2 Å². The molecule has 1 fully saturated rings. The van der Waals surface area contributed by atoms with Crippen LogP contribution in [0.5, 0.6) is 0 Å². The summed E-state index contributed by atoms with van der Waals surface area (Å²) < 4.78 is 1.93. The fourth-order valence-corrected chi connectivity index (χ4v) is 3.35. The Morgan fingerprint density at radius 2 is 1.93 bits per heavy atom. The zero-order valence-corrected chi connectivity index (χ0v) is 15.8. The largest absolute Gasteiger partial charge is 0.351 e. The molecule has 0 spiro atoms. The van der Waals surface area contributed by atoms with Crippen LogP contribution in [0.2, 0.25) is 5.02 Å². The number of guanidine groups is 1. The maximum atomic E-state index is 6.03. The summed E-state index contributed by atoms with van der Waals surface area (Å²) in [7, 11) is 1.80.